The van der Waals surface area contributed by atoms with Gasteiger partial charge >= 0.3 is 0 Å². The van der Waals surface area contributed by atoms with Crippen LogP contribution in [0.2, 0.25) is 5.02 Å². The summed E-state index contributed by atoms with van der Waals surface area (Å²) < 4.78 is 1.63. The van der Waals surface area contributed by atoms with Gasteiger partial charge in [-0.3, -0.25) is 9.89 Å². The van der Waals surface area contributed by atoms with E-state index in [9.17, 15) is 4.79 Å². The van der Waals surface area contributed by atoms with Crippen LogP contribution in [0.15, 0.2) is 29.1 Å². The number of aromatic amines is 1. The van der Waals surface area contributed by atoms with Crippen molar-refractivity contribution in [1.82, 2.24) is 9.78 Å². The summed E-state index contributed by atoms with van der Waals surface area (Å²) in [6.45, 7) is 0. The van der Waals surface area contributed by atoms with E-state index in [1.54, 1.807) is 16.8 Å². The molecule has 0 spiro atoms. The number of benzene rings is 1. The summed E-state index contributed by atoms with van der Waals surface area (Å²) in [6, 6.07) is 7.32. The van der Waals surface area contributed by atoms with E-state index < -0.39 is 0 Å². The molecule has 2 aromatic rings. The molecule has 4 heteroatoms. The Kier molecular flexibility index (Phi) is 3.00. The number of aryl methyl sites for hydroxylation is 1. The van der Waals surface area contributed by atoms with E-state index in [1.807, 2.05) is 12.1 Å². The molecule has 0 radical (unpaired) electrons. The highest BCUT2D eigenvalue weighted by atomic mass is 35.5. The summed E-state index contributed by atoms with van der Waals surface area (Å²) in [6.07, 6.45) is 5.35. The maximum atomic E-state index is 12.4. The third-order valence-electron chi connectivity index (χ3n) is 3.51. The molecule has 0 bridgehead atoms. The van der Waals surface area contributed by atoms with Crippen LogP contribution < -0.4 is 5.56 Å². The first-order chi connectivity index (χ1) is 8.75. The van der Waals surface area contributed by atoms with E-state index in [-0.39, 0.29) is 5.56 Å². The fraction of sp³-hybridized carbons (Fsp3) is 0.357. The largest absolute Gasteiger partial charge is 0.295 e. The number of halogens is 1. The fourth-order valence-electron chi connectivity index (χ4n) is 2.53. The highest BCUT2D eigenvalue weighted by Crippen LogP contribution is 2.18. The summed E-state index contributed by atoms with van der Waals surface area (Å²) in [4.78, 5) is 12.4. The predicted octanol–water partition coefficient (Wildman–Crippen LogP) is 3.09. The Hall–Kier alpha value is -1.48. The van der Waals surface area contributed by atoms with Gasteiger partial charge in [-0.05, 0) is 49.9 Å². The SMILES string of the molecule is O=c1c2c([nH]n1-c1ccc(Cl)cc1)CCCCC2. The average Bonchev–Trinajstić information content (AvgIpc) is 2.57. The van der Waals surface area contributed by atoms with Crippen LogP contribution in [-0.4, -0.2) is 9.78 Å². The average molecular weight is 263 g/mol. The highest BCUT2D eigenvalue weighted by Gasteiger charge is 2.16. The van der Waals surface area contributed by atoms with Gasteiger partial charge in [-0.1, -0.05) is 18.0 Å². The lowest BCUT2D eigenvalue weighted by Crippen LogP contribution is -2.17. The third-order valence-corrected chi connectivity index (χ3v) is 3.76. The zero-order valence-electron chi connectivity index (χ0n) is 10.1. The van der Waals surface area contributed by atoms with Crippen molar-refractivity contribution >= 4 is 11.6 Å². The van der Waals surface area contributed by atoms with Crippen LogP contribution >= 0.6 is 11.6 Å². The number of hydrogen-bond donors (Lipinski definition) is 1. The second-order valence-corrected chi connectivity index (χ2v) is 5.18. The van der Waals surface area contributed by atoms with Crippen LogP contribution in [0.3, 0.4) is 0 Å². The lowest BCUT2D eigenvalue weighted by Gasteiger charge is -2.02. The Balaban J connectivity index is 2.08. The highest BCUT2D eigenvalue weighted by molar-refractivity contribution is 6.30. The van der Waals surface area contributed by atoms with Crippen molar-refractivity contribution in [2.45, 2.75) is 32.1 Å². The lowest BCUT2D eigenvalue weighted by atomic mass is 10.1. The molecule has 0 saturated heterocycles. The number of nitrogens with zero attached hydrogens (tertiary/aromatic N) is 1. The molecule has 3 nitrogen and oxygen atoms in total. The summed E-state index contributed by atoms with van der Waals surface area (Å²) in [5.41, 5.74) is 3.00. The van der Waals surface area contributed by atoms with Gasteiger partial charge < -0.3 is 0 Å². The van der Waals surface area contributed by atoms with E-state index in [4.69, 9.17) is 11.6 Å². The minimum Gasteiger partial charge on any atom is -0.295 e. The molecule has 1 aromatic heterocycles. The number of aromatic nitrogens is 2. The van der Waals surface area contributed by atoms with Crippen LogP contribution in [0.4, 0.5) is 0 Å². The lowest BCUT2D eigenvalue weighted by molar-refractivity contribution is 0.690. The van der Waals surface area contributed by atoms with Gasteiger partial charge in [0, 0.05) is 16.3 Å². The first kappa shape index (κ1) is 11.6. The number of hydrogen-bond acceptors (Lipinski definition) is 1. The molecule has 0 unspecified atom stereocenters. The maximum absolute atomic E-state index is 12.4. The zero-order chi connectivity index (χ0) is 12.5. The molecule has 1 N–H and O–H groups in total. The Bertz CT molecular complexity index is 610. The normalized spacial score (nSPS) is 15.2. The maximum Gasteiger partial charge on any atom is 0.274 e. The molecule has 0 amide bonds. The van der Waals surface area contributed by atoms with Crippen LogP contribution in [0.5, 0.6) is 0 Å². The van der Waals surface area contributed by atoms with Gasteiger partial charge in [-0.15, -0.1) is 0 Å². The standard InChI is InChI=1S/C14H15ClN2O/c15-10-6-8-11(9-7-10)17-14(18)12-4-2-1-3-5-13(12)16-17/h6-9,16H,1-5H2. The van der Waals surface area contributed by atoms with Crippen molar-refractivity contribution < 1.29 is 0 Å². The molecule has 1 aliphatic rings. The molecule has 94 valence electrons. The van der Waals surface area contributed by atoms with Gasteiger partial charge in [0.2, 0.25) is 0 Å². The predicted molar refractivity (Wildman–Crippen MR) is 72.7 cm³/mol. The first-order valence-corrected chi connectivity index (χ1v) is 6.72. The molecule has 1 aromatic carbocycles. The van der Waals surface area contributed by atoms with E-state index in [2.05, 4.69) is 5.10 Å². The van der Waals surface area contributed by atoms with E-state index in [1.165, 1.54) is 6.42 Å². The Morgan fingerprint density at radius 1 is 1.06 bits per heavy atom. The molecular weight excluding hydrogens is 248 g/mol. The minimum atomic E-state index is 0.0919. The fourth-order valence-corrected chi connectivity index (χ4v) is 2.66. The van der Waals surface area contributed by atoms with Crippen molar-refractivity contribution in [3.63, 3.8) is 0 Å². The smallest absolute Gasteiger partial charge is 0.274 e. The number of rotatable bonds is 1. The Morgan fingerprint density at radius 3 is 2.56 bits per heavy atom. The summed E-state index contributed by atoms with van der Waals surface area (Å²) in [5.74, 6) is 0. The van der Waals surface area contributed by atoms with Crippen LogP contribution in [0.25, 0.3) is 5.69 Å². The monoisotopic (exact) mass is 262 g/mol. The van der Waals surface area contributed by atoms with Crippen molar-refractivity contribution in [3.8, 4) is 5.69 Å². The third kappa shape index (κ3) is 1.99. The summed E-state index contributed by atoms with van der Waals surface area (Å²) in [5, 5.41) is 3.92. The van der Waals surface area contributed by atoms with Gasteiger partial charge in [0.05, 0.1) is 5.69 Å². The molecule has 0 fully saturated rings. The van der Waals surface area contributed by atoms with E-state index in [0.717, 1.165) is 42.6 Å². The van der Waals surface area contributed by atoms with Gasteiger partial charge in [0.25, 0.3) is 5.56 Å². The second kappa shape index (κ2) is 4.65. The van der Waals surface area contributed by atoms with Crippen molar-refractivity contribution in [2.75, 3.05) is 0 Å². The van der Waals surface area contributed by atoms with Crippen molar-refractivity contribution in [3.05, 3.63) is 50.9 Å². The van der Waals surface area contributed by atoms with Crippen LogP contribution in [0.1, 0.15) is 30.5 Å². The minimum absolute atomic E-state index is 0.0919. The second-order valence-electron chi connectivity index (χ2n) is 4.75. The van der Waals surface area contributed by atoms with Gasteiger partial charge in [0.1, 0.15) is 0 Å². The number of fused-ring (bicyclic) bond motifs is 1. The van der Waals surface area contributed by atoms with Gasteiger partial charge in [0.15, 0.2) is 0 Å². The van der Waals surface area contributed by atoms with Gasteiger partial charge in [-0.2, -0.15) is 0 Å². The Labute approximate surface area is 110 Å². The quantitative estimate of drug-likeness (QED) is 0.788. The summed E-state index contributed by atoms with van der Waals surface area (Å²) in [7, 11) is 0. The zero-order valence-corrected chi connectivity index (χ0v) is 10.8. The van der Waals surface area contributed by atoms with Crippen LogP contribution in [-0.2, 0) is 12.8 Å². The number of nitrogens with one attached hydrogen (secondary N) is 1. The van der Waals surface area contributed by atoms with E-state index in [0.29, 0.717) is 5.02 Å². The molecule has 3 rings (SSSR count). The molecular formula is C14H15ClN2O. The topological polar surface area (TPSA) is 37.8 Å². The molecule has 0 saturated carbocycles. The number of H-pyrrole nitrogens is 1. The molecule has 18 heavy (non-hydrogen) atoms. The molecule has 1 aliphatic carbocycles. The van der Waals surface area contributed by atoms with E-state index >= 15 is 0 Å². The first-order valence-electron chi connectivity index (χ1n) is 6.34. The molecule has 0 atom stereocenters. The van der Waals surface area contributed by atoms with Gasteiger partial charge in [-0.25, -0.2) is 4.68 Å². The molecule has 0 aliphatic heterocycles. The van der Waals surface area contributed by atoms with Crippen molar-refractivity contribution in [1.29, 1.82) is 0 Å². The van der Waals surface area contributed by atoms with Crippen molar-refractivity contribution in [2.24, 2.45) is 0 Å². The molecule has 1 heterocycles. The van der Waals surface area contributed by atoms with Crippen LogP contribution in [0, 0.1) is 0 Å². The summed E-state index contributed by atoms with van der Waals surface area (Å²) >= 11 is 5.86. The Morgan fingerprint density at radius 2 is 1.78 bits per heavy atom.